The third-order valence-electron chi connectivity index (χ3n) is 5.29. The maximum Gasteiger partial charge on any atom is 0.306 e. The minimum absolute atomic E-state index is 0.0735. The van der Waals surface area contributed by atoms with Gasteiger partial charge in [-0.25, -0.2) is 0 Å². The average molecular weight is 403 g/mol. The number of amides is 1. The molecule has 154 valence electrons. The molecule has 5 nitrogen and oxygen atoms in total. The van der Waals surface area contributed by atoms with Gasteiger partial charge in [-0.1, -0.05) is 42.5 Å². The molecule has 0 spiro atoms. The molecule has 1 aliphatic rings. The van der Waals surface area contributed by atoms with Crippen molar-refractivity contribution in [2.24, 2.45) is 0 Å². The van der Waals surface area contributed by atoms with Crippen molar-refractivity contribution in [1.82, 2.24) is 4.90 Å². The molecule has 0 unspecified atom stereocenters. The van der Waals surface area contributed by atoms with Crippen LogP contribution in [0, 0.1) is 0 Å². The Kier molecular flexibility index (Phi) is 6.28. The highest BCUT2D eigenvalue weighted by Crippen LogP contribution is 2.22. The lowest BCUT2D eigenvalue weighted by Crippen LogP contribution is -2.27. The molecule has 1 saturated heterocycles. The number of ether oxygens (including phenoxy) is 1. The van der Waals surface area contributed by atoms with Crippen LogP contribution in [-0.2, 0) is 22.6 Å². The molecule has 1 aliphatic heterocycles. The predicted molar refractivity (Wildman–Crippen MR) is 114 cm³/mol. The molecule has 4 rings (SSSR count). The third kappa shape index (κ3) is 4.98. The first kappa shape index (κ1) is 20.0. The number of nitrogens with zero attached hydrogens (tertiary/aromatic N) is 1. The second-order valence-corrected chi connectivity index (χ2v) is 7.49. The van der Waals surface area contributed by atoms with Crippen LogP contribution in [0.15, 0.2) is 71.1 Å². The maximum atomic E-state index is 12.4. The van der Waals surface area contributed by atoms with Crippen molar-refractivity contribution in [1.29, 1.82) is 0 Å². The van der Waals surface area contributed by atoms with Crippen molar-refractivity contribution in [3.05, 3.63) is 83.6 Å². The van der Waals surface area contributed by atoms with Gasteiger partial charge in [-0.15, -0.1) is 0 Å². The second-order valence-electron chi connectivity index (χ2n) is 7.49. The maximum absolute atomic E-state index is 12.4. The summed E-state index contributed by atoms with van der Waals surface area (Å²) in [4.78, 5) is 26.3. The van der Waals surface area contributed by atoms with Gasteiger partial charge in [0.2, 0.25) is 0 Å². The van der Waals surface area contributed by atoms with Gasteiger partial charge in [0, 0.05) is 30.6 Å². The van der Waals surface area contributed by atoms with Crippen LogP contribution in [0.3, 0.4) is 0 Å². The Hall–Kier alpha value is -3.34. The fourth-order valence-electron chi connectivity index (χ4n) is 3.58. The minimum Gasteiger partial charge on any atom is -0.461 e. The molecule has 1 aromatic heterocycles. The molecule has 0 atom stereocenters. The summed E-state index contributed by atoms with van der Waals surface area (Å²) in [6.07, 6.45) is 2.90. The van der Waals surface area contributed by atoms with Gasteiger partial charge in [0.15, 0.2) is 0 Å². The fourth-order valence-corrected chi connectivity index (χ4v) is 3.58. The smallest absolute Gasteiger partial charge is 0.306 e. The first-order valence-corrected chi connectivity index (χ1v) is 10.4. The summed E-state index contributed by atoms with van der Waals surface area (Å²) < 4.78 is 11.2. The number of benzene rings is 2. The molecule has 0 saturated carbocycles. The zero-order chi connectivity index (χ0) is 20.8. The number of esters is 1. The van der Waals surface area contributed by atoms with Crippen molar-refractivity contribution in [2.45, 2.75) is 32.3 Å². The Morgan fingerprint density at radius 3 is 2.37 bits per heavy atom. The summed E-state index contributed by atoms with van der Waals surface area (Å²) in [5.74, 6) is 1.35. The van der Waals surface area contributed by atoms with Crippen LogP contribution in [0.5, 0.6) is 0 Å². The topological polar surface area (TPSA) is 59.8 Å². The number of hydrogen-bond donors (Lipinski definition) is 0. The molecule has 1 amide bonds. The standard InChI is InChI=1S/C25H25NO4/c27-24(15-13-22-12-14-23(30-22)20-6-2-1-3-7-20)29-18-19-8-10-21(11-9-19)25(28)26-16-4-5-17-26/h1-3,6-12,14H,4-5,13,15-18H2. The lowest BCUT2D eigenvalue weighted by molar-refractivity contribution is -0.145. The highest BCUT2D eigenvalue weighted by Gasteiger charge is 2.19. The molecule has 2 heterocycles. The second kappa shape index (κ2) is 9.44. The zero-order valence-electron chi connectivity index (χ0n) is 16.9. The number of aryl methyl sites for hydroxylation is 1. The number of hydrogen-bond acceptors (Lipinski definition) is 4. The Morgan fingerprint density at radius 1 is 0.900 bits per heavy atom. The zero-order valence-corrected chi connectivity index (χ0v) is 16.9. The first-order chi connectivity index (χ1) is 14.7. The summed E-state index contributed by atoms with van der Waals surface area (Å²) in [5.41, 5.74) is 2.56. The summed E-state index contributed by atoms with van der Waals surface area (Å²) in [7, 11) is 0. The van der Waals surface area contributed by atoms with Gasteiger partial charge in [0.25, 0.3) is 5.91 Å². The van der Waals surface area contributed by atoms with Crippen LogP contribution in [0.25, 0.3) is 11.3 Å². The van der Waals surface area contributed by atoms with E-state index < -0.39 is 0 Å². The van der Waals surface area contributed by atoms with Gasteiger partial charge in [0.05, 0.1) is 6.42 Å². The van der Waals surface area contributed by atoms with E-state index in [1.807, 2.05) is 59.5 Å². The summed E-state index contributed by atoms with van der Waals surface area (Å²) in [5, 5.41) is 0. The van der Waals surface area contributed by atoms with Gasteiger partial charge in [-0.3, -0.25) is 9.59 Å². The molecule has 0 aliphatic carbocycles. The van der Waals surface area contributed by atoms with Gasteiger partial charge in [-0.2, -0.15) is 0 Å². The highest BCUT2D eigenvalue weighted by molar-refractivity contribution is 5.94. The lowest BCUT2D eigenvalue weighted by Gasteiger charge is -2.15. The SMILES string of the molecule is O=C(CCc1ccc(-c2ccccc2)o1)OCc1ccc(C(=O)N2CCCC2)cc1. The van der Waals surface area contributed by atoms with Crippen LogP contribution < -0.4 is 0 Å². The molecular weight excluding hydrogens is 378 g/mol. The van der Waals surface area contributed by atoms with Gasteiger partial charge < -0.3 is 14.1 Å². The van der Waals surface area contributed by atoms with E-state index in [0.717, 1.165) is 48.6 Å². The monoisotopic (exact) mass is 403 g/mol. The van der Waals surface area contributed by atoms with Crippen molar-refractivity contribution >= 4 is 11.9 Å². The summed E-state index contributed by atoms with van der Waals surface area (Å²) >= 11 is 0. The van der Waals surface area contributed by atoms with E-state index in [2.05, 4.69) is 0 Å². The van der Waals surface area contributed by atoms with Crippen LogP contribution in [-0.4, -0.2) is 29.9 Å². The third-order valence-corrected chi connectivity index (χ3v) is 5.29. The molecule has 30 heavy (non-hydrogen) atoms. The average Bonchev–Trinajstić information content (AvgIpc) is 3.49. The van der Waals surface area contributed by atoms with Gasteiger partial charge >= 0.3 is 5.97 Å². The largest absolute Gasteiger partial charge is 0.461 e. The quantitative estimate of drug-likeness (QED) is 0.529. The van der Waals surface area contributed by atoms with Crippen LogP contribution in [0.1, 0.15) is 40.9 Å². The molecule has 1 fully saturated rings. The van der Waals surface area contributed by atoms with Crippen LogP contribution >= 0.6 is 0 Å². The van der Waals surface area contributed by atoms with E-state index in [-0.39, 0.29) is 24.9 Å². The van der Waals surface area contributed by atoms with E-state index >= 15 is 0 Å². The van der Waals surface area contributed by atoms with Crippen molar-refractivity contribution in [3.8, 4) is 11.3 Å². The van der Waals surface area contributed by atoms with E-state index in [1.54, 1.807) is 12.1 Å². The number of rotatable bonds is 7. The molecule has 5 heteroatoms. The van der Waals surface area contributed by atoms with E-state index in [9.17, 15) is 9.59 Å². The first-order valence-electron chi connectivity index (χ1n) is 10.4. The Morgan fingerprint density at radius 2 is 1.63 bits per heavy atom. The summed E-state index contributed by atoms with van der Waals surface area (Å²) in [6.45, 7) is 1.87. The molecule has 0 bridgehead atoms. The number of carbonyl (C=O) groups excluding carboxylic acids is 2. The van der Waals surface area contributed by atoms with E-state index in [0.29, 0.717) is 12.0 Å². The lowest BCUT2D eigenvalue weighted by atomic mass is 10.1. The van der Waals surface area contributed by atoms with E-state index in [1.165, 1.54) is 0 Å². The number of furan rings is 1. The Balaban J connectivity index is 1.23. The van der Waals surface area contributed by atoms with E-state index in [4.69, 9.17) is 9.15 Å². The van der Waals surface area contributed by atoms with Crippen LogP contribution in [0.4, 0.5) is 0 Å². The Labute approximate surface area is 176 Å². The predicted octanol–water partition coefficient (Wildman–Crippen LogP) is 4.86. The number of carbonyl (C=O) groups is 2. The molecule has 3 aromatic rings. The highest BCUT2D eigenvalue weighted by atomic mass is 16.5. The van der Waals surface area contributed by atoms with Crippen molar-refractivity contribution < 1.29 is 18.7 Å². The molecule has 0 radical (unpaired) electrons. The number of likely N-dealkylation sites (tertiary alicyclic amines) is 1. The Bertz CT molecular complexity index is 986. The fraction of sp³-hybridized carbons (Fsp3) is 0.280. The molecule has 2 aromatic carbocycles. The van der Waals surface area contributed by atoms with Crippen molar-refractivity contribution in [3.63, 3.8) is 0 Å². The van der Waals surface area contributed by atoms with Gasteiger partial charge in [-0.05, 0) is 42.7 Å². The van der Waals surface area contributed by atoms with Gasteiger partial charge in [0.1, 0.15) is 18.1 Å². The molecular formula is C25H25NO4. The minimum atomic E-state index is -0.273. The van der Waals surface area contributed by atoms with Crippen LogP contribution in [0.2, 0.25) is 0 Å². The van der Waals surface area contributed by atoms with Crippen molar-refractivity contribution in [2.75, 3.05) is 13.1 Å². The molecule has 0 N–H and O–H groups in total. The summed E-state index contributed by atoms with van der Waals surface area (Å²) in [6, 6.07) is 21.0. The normalized spacial score (nSPS) is 13.4.